The molecule has 10 nitrogen and oxygen atoms in total. The highest BCUT2D eigenvalue weighted by Gasteiger charge is 2.59. The van der Waals surface area contributed by atoms with Gasteiger partial charge in [0.05, 0.1) is 0 Å². The Bertz CT molecular complexity index is 637. The summed E-state index contributed by atoms with van der Waals surface area (Å²) in [5.74, 6) is -2.36. The molecule has 0 aromatic rings. The molecule has 0 aromatic heterocycles. The van der Waals surface area contributed by atoms with E-state index < -0.39 is 54.5 Å². The van der Waals surface area contributed by atoms with Gasteiger partial charge in [0.2, 0.25) is 12.2 Å². The van der Waals surface area contributed by atoms with Crippen LogP contribution in [0, 0.1) is 0 Å². The second-order valence-corrected chi connectivity index (χ2v) is 6.11. The largest absolute Gasteiger partial charge is 0.463 e. The molecule has 2 fully saturated rings. The molecule has 0 N–H and O–H groups in total. The summed E-state index contributed by atoms with van der Waals surface area (Å²) in [5.41, 5.74) is 0. The van der Waals surface area contributed by atoms with Crippen molar-refractivity contribution in [3.05, 3.63) is 0 Å². The molecular weight excluding hydrogens is 370 g/mol. The molecule has 26 heavy (non-hydrogen) atoms. The Hall–Kier alpha value is -2.27. The molecule has 5 atom stereocenters. The number of esters is 3. The molecular formula is C15H19NO9S. The molecule has 11 heteroatoms. The Morgan fingerprint density at radius 1 is 1.04 bits per heavy atom. The molecule has 0 bridgehead atoms. The number of nitrogens with zero attached hydrogens (tertiary/aromatic N) is 1. The summed E-state index contributed by atoms with van der Waals surface area (Å²) in [4.78, 5) is 47.2. The van der Waals surface area contributed by atoms with Gasteiger partial charge in [0, 0.05) is 27.7 Å². The van der Waals surface area contributed by atoms with Crippen LogP contribution in [0.2, 0.25) is 0 Å². The van der Waals surface area contributed by atoms with E-state index in [0.717, 1.165) is 18.7 Å². The van der Waals surface area contributed by atoms with Gasteiger partial charge in [0.1, 0.15) is 18.8 Å². The van der Waals surface area contributed by atoms with Gasteiger partial charge in [0.25, 0.3) is 5.17 Å². The number of rotatable bonds is 4. The molecule has 0 aliphatic carbocycles. The molecule has 0 aromatic carbocycles. The summed E-state index contributed by atoms with van der Waals surface area (Å²) >= 11 is 5.08. The van der Waals surface area contributed by atoms with E-state index in [1.54, 1.807) is 0 Å². The van der Waals surface area contributed by atoms with Crippen LogP contribution in [0.15, 0.2) is 0 Å². The highest BCUT2D eigenvalue weighted by molar-refractivity contribution is 7.80. The lowest BCUT2D eigenvalue weighted by molar-refractivity contribution is -0.271. The number of hydrogen-bond acceptors (Lipinski definition) is 10. The topological polar surface area (TPSA) is 118 Å². The van der Waals surface area contributed by atoms with Gasteiger partial charge in [-0.15, -0.1) is 0 Å². The number of carbonyl (C=O) groups excluding carboxylic acids is 4. The van der Waals surface area contributed by atoms with Gasteiger partial charge in [-0.1, -0.05) is 0 Å². The van der Waals surface area contributed by atoms with Crippen molar-refractivity contribution < 1.29 is 42.9 Å². The van der Waals surface area contributed by atoms with Crippen LogP contribution in [0.4, 0.5) is 0 Å². The maximum atomic E-state index is 12.0. The second kappa shape index (κ2) is 7.96. The minimum Gasteiger partial charge on any atom is -0.463 e. The average molecular weight is 389 g/mol. The quantitative estimate of drug-likeness (QED) is 0.359. The molecule has 1 unspecified atom stereocenters. The van der Waals surface area contributed by atoms with Crippen molar-refractivity contribution >= 4 is 41.2 Å². The van der Waals surface area contributed by atoms with Gasteiger partial charge < -0.3 is 23.7 Å². The fourth-order valence-corrected chi connectivity index (χ4v) is 3.24. The predicted octanol–water partition coefficient (Wildman–Crippen LogP) is -0.330. The van der Waals surface area contributed by atoms with Gasteiger partial charge in [-0.05, 0) is 12.2 Å². The number of thiocarbonyl (C=S) groups is 1. The maximum Gasteiger partial charge on any atom is 0.305 e. The molecule has 144 valence electrons. The molecule has 0 spiro atoms. The first-order valence-corrected chi connectivity index (χ1v) is 8.16. The van der Waals surface area contributed by atoms with Crippen molar-refractivity contribution in [2.24, 2.45) is 0 Å². The van der Waals surface area contributed by atoms with Crippen molar-refractivity contribution in [2.45, 2.75) is 58.3 Å². The normalized spacial score (nSPS) is 30.1. The fraction of sp³-hybridized carbons (Fsp3) is 0.667. The van der Waals surface area contributed by atoms with Gasteiger partial charge in [-0.2, -0.15) is 0 Å². The summed E-state index contributed by atoms with van der Waals surface area (Å²) in [7, 11) is 0. The standard InChI is InChI=1S/C15H19NO9S/c1-6(17)16-11-12(25-15(16)26)10(5-21-7(2)18)24-14(23-9(4)20)13(11)22-8(3)19/h10-14H,5H2,1-4H3/t10-,11+,12+,13-,14?/m1/s1. The van der Waals surface area contributed by atoms with E-state index in [1.807, 2.05) is 0 Å². The minimum absolute atomic E-state index is 0.135. The van der Waals surface area contributed by atoms with Crippen LogP contribution in [-0.2, 0) is 42.9 Å². The molecule has 2 aliphatic heterocycles. The van der Waals surface area contributed by atoms with E-state index in [9.17, 15) is 19.2 Å². The smallest absolute Gasteiger partial charge is 0.305 e. The van der Waals surface area contributed by atoms with Crippen molar-refractivity contribution in [1.82, 2.24) is 4.90 Å². The Morgan fingerprint density at radius 3 is 2.15 bits per heavy atom. The van der Waals surface area contributed by atoms with E-state index in [4.69, 9.17) is 35.9 Å². The molecule has 1 amide bonds. The first-order valence-electron chi connectivity index (χ1n) is 7.75. The van der Waals surface area contributed by atoms with Crippen LogP contribution in [-0.4, -0.2) is 71.1 Å². The molecule has 0 saturated carbocycles. The summed E-state index contributed by atoms with van der Waals surface area (Å²) in [6.45, 7) is 4.57. The Labute approximate surface area is 154 Å². The summed E-state index contributed by atoms with van der Waals surface area (Å²) in [5, 5.41) is -0.135. The Balaban J connectivity index is 2.39. The minimum atomic E-state index is -1.33. The molecule has 2 heterocycles. The first kappa shape index (κ1) is 20.0. The van der Waals surface area contributed by atoms with Crippen LogP contribution in [0.5, 0.6) is 0 Å². The number of ether oxygens (including phenoxy) is 5. The zero-order valence-electron chi connectivity index (χ0n) is 14.6. The molecule has 2 saturated heterocycles. The lowest BCUT2D eigenvalue weighted by Crippen LogP contribution is -2.63. The second-order valence-electron chi connectivity index (χ2n) is 5.76. The van der Waals surface area contributed by atoms with Crippen molar-refractivity contribution in [3.8, 4) is 0 Å². The predicted molar refractivity (Wildman–Crippen MR) is 86.4 cm³/mol. The van der Waals surface area contributed by atoms with Crippen LogP contribution in [0.3, 0.4) is 0 Å². The Kier molecular flexibility index (Phi) is 6.13. The van der Waals surface area contributed by atoms with E-state index in [-0.39, 0.29) is 11.8 Å². The van der Waals surface area contributed by atoms with Crippen molar-refractivity contribution in [1.29, 1.82) is 0 Å². The van der Waals surface area contributed by atoms with Gasteiger partial charge in [-0.25, -0.2) is 0 Å². The Morgan fingerprint density at radius 2 is 1.65 bits per heavy atom. The van der Waals surface area contributed by atoms with Crippen molar-refractivity contribution in [2.75, 3.05) is 6.61 Å². The van der Waals surface area contributed by atoms with Crippen LogP contribution >= 0.6 is 12.2 Å². The lowest BCUT2D eigenvalue weighted by Gasteiger charge is -2.42. The third kappa shape index (κ3) is 4.28. The van der Waals surface area contributed by atoms with Crippen LogP contribution < -0.4 is 0 Å². The van der Waals surface area contributed by atoms with E-state index in [0.29, 0.717) is 0 Å². The maximum absolute atomic E-state index is 12.0. The fourth-order valence-electron chi connectivity index (χ4n) is 2.88. The van der Waals surface area contributed by atoms with Crippen molar-refractivity contribution in [3.63, 3.8) is 0 Å². The van der Waals surface area contributed by atoms with E-state index in [2.05, 4.69) is 0 Å². The van der Waals surface area contributed by atoms with Gasteiger partial charge in [0.15, 0.2) is 12.2 Å². The van der Waals surface area contributed by atoms with Gasteiger partial charge >= 0.3 is 17.9 Å². The number of carbonyl (C=O) groups is 4. The molecule has 2 aliphatic rings. The zero-order chi connectivity index (χ0) is 19.6. The first-order chi connectivity index (χ1) is 12.1. The monoisotopic (exact) mass is 389 g/mol. The van der Waals surface area contributed by atoms with E-state index in [1.165, 1.54) is 13.8 Å². The lowest BCUT2D eigenvalue weighted by atomic mass is 9.95. The number of hydrogen-bond donors (Lipinski definition) is 0. The van der Waals surface area contributed by atoms with Gasteiger partial charge in [-0.3, -0.25) is 24.1 Å². The van der Waals surface area contributed by atoms with Crippen LogP contribution in [0.25, 0.3) is 0 Å². The third-order valence-electron chi connectivity index (χ3n) is 3.72. The highest BCUT2D eigenvalue weighted by Crippen LogP contribution is 2.35. The number of amides is 1. The zero-order valence-corrected chi connectivity index (χ0v) is 15.4. The third-order valence-corrected chi connectivity index (χ3v) is 4.02. The molecule has 0 radical (unpaired) electrons. The van der Waals surface area contributed by atoms with Crippen LogP contribution in [0.1, 0.15) is 27.7 Å². The highest BCUT2D eigenvalue weighted by atomic mass is 32.1. The van der Waals surface area contributed by atoms with E-state index >= 15 is 0 Å². The summed E-state index contributed by atoms with van der Waals surface area (Å²) in [6.07, 6.45) is -4.27. The summed E-state index contributed by atoms with van der Waals surface area (Å²) < 4.78 is 26.5. The average Bonchev–Trinajstić information content (AvgIpc) is 2.84. The SMILES string of the molecule is CC(=O)OC[C@H]1OC(OC(C)=O)[C@H](OC(C)=O)[C@@H]2[C@H]1OC(=S)N2C(C)=O. The summed E-state index contributed by atoms with van der Waals surface area (Å²) in [6, 6.07) is -0.900. The number of fused-ring (bicyclic) bond motifs is 1. The molecule has 2 rings (SSSR count).